The summed E-state index contributed by atoms with van der Waals surface area (Å²) in [6, 6.07) is 0. The van der Waals surface area contributed by atoms with Crippen molar-refractivity contribution >= 4 is 17.7 Å². The summed E-state index contributed by atoms with van der Waals surface area (Å²) in [6.07, 6.45) is 2.10. The van der Waals surface area contributed by atoms with Crippen LogP contribution in [0.5, 0.6) is 0 Å². The Balaban J connectivity index is 4.30. The van der Waals surface area contributed by atoms with E-state index in [2.05, 4.69) is 16.9 Å². The van der Waals surface area contributed by atoms with Crippen molar-refractivity contribution in [2.75, 3.05) is 6.61 Å². The molecule has 0 rings (SSSR count). The van der Waals surface area contributed by atoms with Crippen molar-refractivity contribution in [2.45, 2.75) is 33.1 Å². The second-order valence-electron chi connectivity index (χ2n) is 4.19. The van der Waals surface area contributed by atoms with Gasteiger partial charge in [-0.15, -0.1) is 0 Å². The Kier molecular flexibility index (Phi) is 7.62. The zero-order chi connectivity index (χ0) is 14.1. The first-order valence-electron chi connectivity index (χ1n) is 5.75. The van der Waals surface area contributed by atoms with Crippen LogP contribution in [0.15, 0.2) is 17.3 Å². The van der Waals surface area contributed by atoms with Gasteiger partial charge in [-0.1, -0.05) is 13.5 Å². The van der Waals surface area contributed by atoms with Gasteiger partial charge in [-0.3, -0.25) is 4.79 Å². The maximum absolute atomic E-state index is 10.8. The van der Waals surface area contributed by atoms with Crippen molar-refractivity contribution in [3.05, 3.63) is 12.3 Å². The van der Waals surface area contributed by atoms with E-state index in [0.29, 0.717) is 12.1 Å². The Labute approximate surface area is 106 Å². The van der Waals surface area contributed by atoms with Crippen LogP contribution in [-0.2, 0) is 9.59 Å². The monoisotopic (exact) mass is 256 g/mol. The van der Waals surface area contributed by atoms with Gasteiger partial charge in [-0.05, 0) is 25.2 Å². The molecule has 6 nitrogen and oxygen atoms in total. The van der Waals surface area contributed by atoms with Gasteiger partial charge in [0.2, 0.25) is 11.7 Å². The number of carboxylic acid groups (broad SMARTS) is 1. The number of nitrogens with one attached hydrogen (secondary N) is 1. The Hall–Kier alpha value is -1.69. The van der Waals surface area contributed by atoms with Crippen LogP contribution in [0.1, 0.15) is 33.1 Å². The van der Waals surface area contributed by atoms with Crippen molar-refractivity contribution in [2.24, 2.45) is 10.9 Å². The Morgan fingerprint density at radius 3 is 2.50 bits per heavy atom. The number of carbonyl (C=O) groups excluding carboxylic acids is 1. The molecule has 0 aromatic rings. The lowest BCUT2D eigenvalue weighted by Crippen LogP contribution is -2.34. The van der Waals surface area contributed by atoms with Crippen molar-refractivity contribution in [3.8, 4) is 0 Å². The first kappa shape index (κ1) is 16.3. The number of allylic oxidation sites excluding steroid dienone is 1. The molecule has 1 amide bonds. The zero-order valence-corrected chi connectivity index (χ0v) is 10.8. The molecule has 102 valence electrons. The lowest BCUT2D eigenvalue weighted by molar-refractivity contribution is -0.130. The van der Waals surface area contributed by atoms with Crippen molar-refractivity contribution in [1.29, 1.82) is 0 Å². The van der Waals surface area contributed by atoms with Gasteiger partial charge in [0.15, 0.2) is 0 Å². The van der Waals surface area contributed by atoms with E-state index in [1.54, 1.807) is 0 Å². The molecule has 0 spiro atoms. The molecule has 0 aromatic carbocycles. The number of aliphatic carboxylic acids is 1. The normalized spacial score (nSPS) is 12.9. The molecular formula is C12H20N2O4. The second-order valence-corrected chi connectivity index (χ2v) is 4.19. The summed E-state index contributed by atoms with van der Waals surface area (Å²) in [5, 5.41) is 19.8. The van der Waals surface area contributed by atoms with Crippen molar-refractivity contribution in [3.63, 3.8) is 0 Å². The molecule has 1 atom stereocenters. The molecule has 0 fully saturated rings. The molecule has 0 bridgehead atoms. The van der Waals surface area contributed by atoms with E-state index in [4.69, 9.17) is 10.2 Å². The van der Waals surface area contributed by atoms with Crippen molar-refractivity contribution < 1.29 is 19.8 Å². The van der Waals surface area contributed by atoms with Crippen LogP contribution >= 0.6 is 0 Å². The van der Waals surface area contributed by atoms with E-state index in [0.717, 1.165) is 12.8 Å². The Morgan fingerprint density at radius 1 is 1.44 bits per heavy atom. The van der Waals surface area contributed by atoms with E-state index < -0.39 is 17.7 Å². The summed E-state index contributed by atoms with van der Waals surface area (Å²) >= 11 is 0. The van der Waals surface area contributed by atoms with Crippen LogP contribution in [0.3, 0.4) is 0 Å². The molecule has 3 N–H and O–H groups in total. The lowest BCUT2D eigenvalue weighted by Gasteiger charge is -2.07. The summed E-state index contributed by atoms with van der Waals surface area (Å²) in [5.74, 6) is -1.99. The second kappa shape index (κ2) is 8.41. The number of nitrogens with zero attached hydrogens (tertiary/aromatic N) is 1. The highest BCUT2D eigenvalue weighted by Crippen LogP contribution is 2.11. The van der Waals surface area contributed by atoms with Crippen LogP contribution in [0.25, 0.3) is 0 Å². The Bertz CT molecular complexity index is 350. The molecule has 0 saturated carbocycles. The minimum atomic E-state index is -1.30. The first-order valence-corrected chi connectivity index (χ1v) is 5.75. The maximum atomic E-state index is 10.8. The summed E-state index contributed by atoms with van der Waals surface area (Å²) in [6.45, 7) is 6.90. The third kappa shape index (κ3) is 7.56. The summed E-state index contributed by atoms with van der Waals surface area (Å²) < 4.78 is 0. The highest BCUT2D eigenvalue weighted by atomic mass is 16.4. The molecule has 0 aliphatic rings. The number of rotatable bonds is 6. The minimum absolute atomic E-state index is 0.127. The van der Waals surface area contributed by atoms with E-state index in [-0.39, 0.29) is 12.5 Å². The van der Waals surface area contributed by atoms with Gasteiger partial charge in [0, 0.05) is 19.2 Å². The number of aliphatic hydroxyl groups is 1. The third-order valence-electron chi connectivity index (χ3n) is 2.24. The van der Waals surface area contributed by atoms with Crippen LogP contribution in [0, 0.1) is 5.92 Å². The molecule has 0 aliphatic carbocycles. The number of hydrogen-bond donors (Lipinski definition) is 3. The van der Waals surface area contributed by atoms with Gasteiger partial charge in [0.05, 0.1) is 0 Å². The van der Waals surface area contributed by atoms with Gasteiger partial charge >= 0.3 is 5.97 Å². The third-order valence-corrected chi connectivity index (χ3v) is 2.24. The molecule has 6 heteroatoms. The van der Waals surface area contributed by atoms with Gasteiger partial charge in [-0.2, -0.15) is 0 Å². The first-order chi connectivity index (χ1) is 8.36. The number of amidine groups is 1. The predicted molar refractivity (Wildman–Crippen MR) is 68.1 cm³/mol. The fourth-order valence-electron chi connectivity index (χ4n) is 1.26. The van der Waals surface area contributed by atoms with Gasteiger partial charge in [-0.25, -0.2) is 9.79 Å². The largest absolute Gasteiger partial charge is 0.475 e. The summed E-state index contributed by atoms with van der Waals surface area (Å²) in [7, 11) is 0. The Morgan fingerprint density at radius 2 is 2.06 bits per heavy atom. The number of aliphatic imine (C=N–C) groups is 1. The smallest absolute Gasteiger partial charge is 0.372 e. The molecule has 0 aliphatic heterocycles. The SMILES string of the molecule is C=C(CCCC(C)CO)N=C(NC(C)=O)C(=O)O. The van der Waals surface area contributed by atoms with Gasteiger partial charge in [0.1, 0.15) is 0 Å². The molecular weight excluding hydrogens is 236 g/mol. The molecule has 0 radical (unpaired) electrons. The summed E-state index contributed by atoms with van der Waals surface area (Å²) in [5.41, 5.74) is 0.395. The van der Waals surface area contributed by atoms with Gasteiger partial charge < -0.3 is 15.5 Å². The molecule has 0 aromatic heterocycles. The van der Waals surface area contributed by atoms with Gasteiger partial charge in [0.25, 0.3) is 0 Å². The number of amides is 1. The standard InChI is InChI=1S/C12H20N2O4/c1-8(7-15)5-4-6-9(2)13-11(12(17)18)14-10(3)16/h8,15H,2,4-7H2,1,3H3,(H,17,18)(H,13,14,16). The zero-order valence-electron chi connectivity index (χ0n) is 10.8. The van der Waals surface area contributed by atoms with E-state index >= 15 is 0 Å². The molecule has 1 unspecified atom stereocenters. The van der Waals surface area contributed by atoms with Crippen LogP contribution in [0.4, 0.5) is 0 Å². The number of carboxylic acids is 1. The summed E-state index contributed by atoms with van der Waals surface area (Å²) in [4.78, 5) is 25.3. The molecule has 0 heterocycles. The van der Waals surface area contributed by atoms with Crippen LogP contribution in [-0.4, -0.2) is 34.5 Å². The molecule has 18 heavy (non-hydrogen) atoms. The minimum Gasteiger partial charge on any atom is -0.475 e. The predicted octanol–water partition coefficient (Wildman–Crippen LogP) is 0.918. The molecule has 0 saturated heterocycles. The van der Waals surface area contributed by atoms with Crippen molar-refractivity contribution in [1.82, 2.24) is 5.32 Å². The van der Waals surface area contributed by atoms with E-state index in [1.807, 2.05) is 6.92 Å². The number of carbonyl (C=O) groups is 2. The highest BCUT2D eigenvalue weighted by molar-refractivity contribution is 6.37. The number of aliphatic hydroxyl groups excluding tert-OH is 1. The maximum Gasteiger partial charge on any atom is 0.372 e. The van der Waals surface area contributed by atoms with E-state index in [9.17, 15) is 9.59 Å². The topological polar surface area (TPSA) is 99.0 Å². The lowest BCUT2D eigenvalue weighted by atomic mass is 10.0. The van der Waals surface area contributed by atoms with Crippen LogP contribution in [0.2, 0.25) is 0 Å². The number of hydrogen-bond acceptors (Lipinski definition) is 4. The average molecular weight is 256 g/mol. The van der Waals surface area contributed by atoms with Crippen LogP contribution < -0.4 is 5.32 Å². The average Bonchev–Trinajstić information content (AvgIpc) is 2.27. The van der Waals surface area contributed by atoms with E-state index in [1.165, 1.54) is 6.92 Å². The fraction of sp³-hybridized carbons (Fsp3) is 0.583. The fourth-order valence-corrected chi connectivity index (χ4v) is 1.26. The quantitative estimate of drug-likeness (QED) is 0.486. The highest BCUT2D eigenvalue weighted by Gasteiger charge is 2.11.